The summed E-state index contributed by atoms with van der Waals surface area (Å²) in [7, 11) is 0. The van der Waals surface area contributed by atoms with Crippen LogP contribution in [0.5, 0.6) is 0 Å². The van der Waals surface area contributed by atoms with Crippen LogP contribution in [0.3, 0.4) is 0 Å². The summed E-state index contributed by atoms with van der Waals surface area (Å²) in [5.41, 5.74) is 3.43. The van der Waals surface area contributed by atoms with Gasteiger partial charge in [-0.05, 0) is 31.5 Å². The maximum atomic E-state index is 12.5. The first kappa shape index (κ1) is 14.5. The predicted molar refractivity (Wildman–Crippen MR) is 91.4 cm³/mol. The molecule has 2 aromatic carbocycles. The number of thiazole rings is 1. The van der Waals surface area contributed by atoms with Crippen molar-refractivity contribution in [1.82, 2.24) is 4.98 Å². The van der Waals surface area contributed by atoms with Crippen molar-refractivity contribution in [2.24, 2.45) is 0 Å². The van der Waals surface area contributed by atoms with Crippen molar-refractivity contribution in [3.05, 3.63) is 70.9 Å². The van der Waals surface area contributed by atoms with Crippen LogP contribution < -0.4 is 5.32 Å². The van der Waals surface area contributed by atoms with E-state index in [9.17, 15) is 4.79 Å². The van der Waals surface area contributed by atoms with Gasteiger partial charge in [0.05, 0.1) is 9.88 Å². The lowest BCUT2D eigenvalue weighted by Gasteiger charge is -2.05. The van der Waals surface area contributed by atoms with Crippen molar-refractivity contribution in [2.45, 2.75) is 13.8 Å². The predicted octanol–water partition coefficient (Wildman–Crippen LogP) is 4.68. The summed E-state index contributed by atoms with van der Waals surface area (Å²) in [6.45, 7) is 3.93. The highest BCUT2D eigenvalue weighted by Gasteiger charge is 2.18. The van der Waals surface area contributed by atoms with Crippen molar-refractivity contribution in [2.75, 3.05) is 5.32 Å². The monoisotopic (exact) mass is 308 g/mol. The minimum absolute atomic E-state index is 0.174. The van der Waals surface area contributed by atoms with Crippen LogP contribution in [-0.2, 0) is 0 Å². The van der Waals surface area contributed by atoms with E-state index in [1.54, 1.807) is 0 Å². The largest absolute Gasteiger partial charge is 0.321 e. The van der Waals surface area contributed by atoms with Gasteiger partial charge >= 0.3 is 0 Å². The number of aromatic nitrogens is 1. The Morgan fingerprint density at radius 2 is 1.68 bits per heavy atom. The van der Waals surface area contributed by atoms with E-state index in [-0.39, 0.29) is 5.91 Å². The molecule has 0 unspecified atom stereocenters. The van der Waals surface area contributed by atoms with Crippen molar-refractivity contribution in [1.29, 1.82) is 0 Å². The van der Waals surface area contributed by atoms with Crippen LogP contribution in [0.2, 0.25) is 0 Å². The standard InChI is InChI=1S/C18H16N2OS/c1-12-8-10-15(11-9-12)20-18(21)16-17(22-13(2)19-16)14-6-4-3-5-7-14/h3-11H,1-2H3,(H,20,21). The molecule has 0 aliphatic carbocycles. The Balaban J connectivity index is 1.91. The number of hydrogen-bond acceptors (Lipinski definition) is 3. The van der Waals surface area contributed by atoms with E-state index in [4.69, 9.17) is 0 Å². The van der Waals surface area contributed by atoms with E-state index >= 15 is 0 Å². The van der Waals surface area contributed by atoms with Gasteiger partial charge in [0.1, 0.15) is 5.69 Å². The highest BCUT2D eigenvalue weighted by atomic mass is 32.1. The molecule has 0 bridgehead atoms. The first-order valence-corrected chi connectivity index (χ1v) is 7.86. The first-order chi connectivity index (χ1) is 10.6. The third-order valence-electron chi connectivity index (χ3n) is 3.29. The maximum Gasteiger partial charge on any atom is 0.275 e. The Morgan fingerprint density at radius 1 is 1.00 bits per heavy atom. The molecule has 0 spiro atoms. The molecule has 0 aliphatic rings. The molecule has 22 heavy (non-hydrogen) atoms. The number of nitrogens with zero attached hydrogens (tertiary/aromatic N) is 1. The Labute approximate surface area is 133 Å². The lowest BCUT2D eigenvalue weighted by atomic mass is 10.1. The first-order valence-electron chi connectivity index (χ1n) is 7.04. The second-order valence-corrected chi connectivity index (χ2v) is 6.30. The number of aryl methyl sites for hydroxylation is 2. The number of amides is 1. The van der Waals surface area contributed by atoms with Gasteiger partial charge in [0.25, 0.3) is 5.91 Å². The Kier molecular flexibility index (Phi) is 4.02. The zero-order valence-corrected chi connectivity index (χ0v) is 13.3. The van der Waals surface area contributed by atoms with Crippen LogP contribution in [0.15, 0.2) is 54.6 Å². The lowest BCUT2D eigenvalue weighted by Crippen LogP contribution is -2.13. The van der Waals surface area contributed by atoms with E-state index < -0.39 is 0 Å². The smallest absolute Gasteiger partial charge is 0.275 e. The van der Waals surface area contributed by atoms with Gasteiger partial charge in [0, 0.05) is 5.69 Å². The Bertz CT molecular complexity index is 792. The molecule has 0 atom stereocenters. The molecule has 4 heteroatoms. The number of benzene rings is 2. The van der Waals surface area contributed by atoms with Crippen molar-refractivity contribution >= 4 is 22.9 Å². The van der Waals surface area contributed by atoms with Gasteiger partial charge in [-0.1, -0.05) is 48.0 Å². The van der Waals surface area contributed by atoms with Crippen molar-refractivity contribution < 1.29 is 4.79 Å². The van der Waals surface area contributed by atoms with Gasteiger partial charge in [-0.3, -0.25) is 4.79 Å². The fourth-order valence-corrected chi connectivity index (χ4v) is 3.11. The average molecular weight is 308 g/mol. The van der Waals surface area contributed by atoms with Gasteiger partial charge in [0.15, 0.2) is 0 Å². The molecule has 0 radical (unpaired) electrons. The third-order valence-corrected chi connectivity index (χ3v) is 4.31. The van der Waals surface area contributed by atoms with Crippen LogP contribution in [-0.4, -0.2) is 10.9 Å². The lowest BCUT2D eigenvalue weighted by molar-refractivity contribution is 0.102. The maximum absolute atomic E-state index is 12.5. The molecule has 0 aliphatic heterocycles. The van der Waals surface area contributed by atoms with Gasteiger partial charge in [0.2, 0.25) is 0 Å². The quantitative estimate of drug-likeness (QED) is 0.763. The van der Waals surface area contributed by atoms with E-state index in [2.05, 4.69) is 10.3 Å². The number of carbonyl (C=O) groups excluding carboxylic acids is 1. The molecular weight excluding hydrogens is 292 g/mol. The topological polar surface area (TPSA) is 42.0 Å². The summed E-state index contributed by atoms with van der Waals surface area (Å²) in [6, 6.07) is 17.6. The molecule has 1 N–H and O–H groups in total. The number of rotatable bonds is 3. The van der Waals surface area contributed by atoms with Gasteiger partial charge in [-0.2, -0.15) is 0 Å². The Morgan fingerprint density at radius 3 is 2.36 bits per heavy atom. The Hall–Kier alpha value is -2.46. The molecule has 1 aromatic heterocycles. The summed E-state index contributed by atoms with van der Waals surface area (Å²) in [5.74, 6) is -0.174. The average Bonchev–Trinajstić information content (AvgIpc) is 2.92. The molecule has 3 aromatic rings. The van der Waals surface area contributed by atoms with Crippen LogP contribution in [0.25, 0.3) is 10.4 Å². The van der Waals surface area contributed by atoms with E-state index in [1.807, 2.05) is 68.4 Å². The van der Waals surface area contributed by atoms with E-state index in [1.165, 1.54) is 11.3 Å². The van der Waals surface area contributed by atoms with Crippen LogP contribution in [0.1, 0.15) is 21.1 Å². The second kappa shape index (κ2) is 6.12. The number of carbonyl (C=O) groups is 1. The van der Waals surface area contributed by atoms with Gasteiger partial charge < -0.3 is 5.32 Å². The summed E-state index contributed by atoms with van der Waals surface area (Å²) in [6.07, 6.45) is 0. The minimum Gasteiger partial charge on any atom is -0.321 e. The molecule has 3 nitrogen and oxygen atoms in total. The summed E-state index contributed by atoms with van der Waals surface area (Å²) in [4.78, 5) is 17.9. The van der Waals surface area contributed by atoms with Gasteiger partial charge in [-0.25, -0.2) is 4.98 Å². The molecule has 3 rings (SSSR count). The van der Waals surface area contributed by atoms with Crippen LogP contribution in [0, 0.1) is 13.8 Å². The van der Waals surface area contributed by atoms with Gasteiger partial charge in [-0.15, -0.1) is 11.3 Å². The zero-order chi connectivity index (χ0) is 15.5. The van der Waals surface area contributed by atoms with Crippen molar-refractivity contribution in [3.63, 3.8) is 0 Å². The minimum atomic E-state index is -0.174. The molecular formula is C18H16N2OS. The summed E-state index contributed by atoms with van der Waals surface area (Å²) >= 11 is 1.54. The second-order valence-electron chi connectivity index (χ2n) is 5.10. The van der Waals surface area contributed by atoms with E-state index in [0.717, 1.165) is 26.7 Å². The zero-order valence-electron chi connectivity index (χ0n) is 12.5. The summed E-state index contributed by atoms with van der Waals surface area (Å²) in [5, 5.41) is 3.80. The molecule has 0 saturated heterocycles. The number of hydrogen-bond donors (Lipinski definition) is 1. The molecule has 0 fully saturated rings. The van der Waals surface area contributed by atoms with Crippen LogP contribution >= 0.6 is 11.3 Å². The molecule has 1 amide bonds. The van der Waals surface area contributed by atoms with Crippen molar-refractivity contribution in [3.8, 4) is 10.4 Å². The highest BCUT2D eigenvalue weighted by Crippen LogP contribution is 2.30. The molecule has 0 saturated carbocycles. The van der Waals surface area contributed by atoms with Crippen LogP contribution in [0.4, 0.5) is 5.69 Å². The summed E-state index contributed by atoms with van der Waals surface area (Å²) < 4.78 is 0. The molecule has 110 valence electrons. The number of anilines is 1. The normalized spacial score (nSPS) is 10.5. The SMILES string of the molecule is Cc1ccc(NC(=O)c2nc(C)sc2-c2ccccc2)cc1. The fraction of sp³-hybridized carbons (Fsp3) is 0.111. The fourth-order valence-electron chi connectivity index (χ4n) is 2.19. The highest BCUT2D eigenvalue weighted by molar-refractivity contribution is 7.15. The molecule has 1 heterocycles. The third kappa shape index (κ3) is 3.07. The van der Waals surface area contributed by atoms with E-state index in [0.29, 0.717) is 5.69 Å². The number of nitrogens with one attached hydrogen (secondary N) is 1.